The third kappa shape index (κ3) is 4.37. The van der Waals surface area contributed by atoms with E-state index in [0.717, 1.165) is 31.2 Å². The molecule has 2 heterocycles. The van der Waals surface area contributed by atoms with Gasteiger partial charge in [0.25, 0.3) is 11.5 Å². The van der Waals surface area contributed by atoms with Crippen LogP contribution in [0.1, 0.15) is 37.0 Å². The number of furan rings is 1. The van der Waals surface area contributed by atoms with Crippen molar-refractivity contribution in [3.05, 3.63) is 87.0 Å². The molecule has 0 unspecified atom stereocenters. The summed E-state index contributed by atoms with van der Waals surface area (Å²) >= 11 is 0. The van der Waals surface area contributed by atoms with Crippen LogP contribution in [-0.4, -0.2) is 21.5 Å². The molecule has 1 fully saturated rings. The Morgan fingerprint density at radius 2 is 1.90 bits per heavy atom. The summed E-state index contributed by atoms with van der Waals surface area (Å²) in [5.41, 5.74) is 5.92. The number of hydrogen-bond acceptors (Lipinski definition) is 5. The van der Waals surface area contributed by atoms with E-state index in [0.29, 0.717) is 5.76 Å². The van der Waals surface area contributed by atoms with Gasteiger partial charge in [-0.3, -0.25) is 24.0 Å². The number of H-pyrrole nitrogens is 1. The van der Waals surface area contributed by atoms with E-state index in [9.17, 15) is 14.4 Å². The van der Waals surface area contributed by atoms with Crippen LogP contribution in [0, 0.1) is 0 Å². The molecule has 1 aliphatic carbocycles. The number of nitrogen functional groups attached to an aromatic ring is 1. The van der Waals surface area contributed by atoms with Crippen LogP contribution in [-0.2, 0) is 11.3 Å². The second-order valence-corrected chi connectivity index (χ2v) is 7.56. The highest BCUT2D eigenvalue weighted by molar-refractivity contribution is 6.05. The number of rotatable bonds is 6. The van der Waals surface area contributed by atoms with Crippen LogP contribution >= 0.6 is 0 Å². The first-order valence-corrected chi connectivity index (χ1v) is 10.3. The molecule has 3 aromatic rings. The molecule has 8 heteroatoms. The first-order valence-electron chi connectivity index (χ1n) is 10.3. The molecule has 3 N–H and O–H groups in total. The molecule has 1 saturated carbocycles. The van der Waals surface area contributed by atoms with Crippen molar-refractivity contribution in [2.75, 3.05) is 10.6 Å². The molecule has 2 aromatic heterocycles. The van der Waals surface area contributed by atoms with Crippen LogP contribution in [0.2, 0.25) is 0 Å². The summed E-state index contributed by atoms with van der Waals surface area (Å²) in [7, 11) is 0. The lowest BCUT2D eigenvalue weighted by Crippen LogP contribution is -2.45. The Morgan fingerprint density at radius 1 is 1.16 bits per heavy atom. The molecule has 0 aliphatic heterocycles. The molecular weight excluding hydrogens is 396 g/mol. The van der Waals surface area contributed by atoms with Gasteiger partial charge in [-0.05, 0) is 36.6 Å². The minimum absolute atomic E-state index is 0.0107. The Kier molecular flexibility index (Phi) is 5.88. The van der Waals surface area contributed by atoms with Crippen molar-refractivity contribution in [2.45, 2.75) is 38.3 Å². The molecule has 31 heavy (non-hydrogen) atoms. The molecule has 0 bridgehead atoms. The van der Waals surface area contributed by atoms with E-state index >= 15 is 0 Å². The summed E-state index contributed by atoms with van der Waals surface area (Å²) in [6.07, 6.45) is 7.86. The Morgan fingerprint density at radius 3 is 2.58 bits per heavy atom. The van der Waals surface area contributed by atoms with Crippen molar-refractivity contribution in [3.63, 3.8) is 0 Å². The SMILES string of the molecule is Nc1c(N(C(=O)/C=C/c2ccco2)C2CCCC2)c(=O)[nH]c(=O)n1Cc1ccccc1. The molecule has 1 aromatic carbocycles. The van der Waals surface area contributed by atoms with Gasteiger partial charge in [0, 0.05) is 12.1 Å². The van der Waals surface area contributed by atoms with E-state index in [1.807, 2.05) is 30.3 Å². The van der Waals surface area contributed by atoms with Gasteiger partial charge in [0.05, 0.1) is 12.8 Å². The van der Waals surface area contributed by atoms with Gasteiger partial charge in [-0.15, -0.1) is 0 Å². The third-order valence-corrected chi connectivity index (χ3v) is 5.50. The highest BCUT2D eigenvalue weighted by atomic mass is 16.3. The zero-order valence-electron chi connectivity index (χ0n) is 17.0. The van der Waals surface area contributed by atoms with Crippen LogP contribution in [0.4, 0.5) is 11.5 Å². The normalized spacial score (nSPS) is 14.3. The maximum Gasteiger partial charge on any atom is 0.330 e. The van der Waals surface area contributed by atoms with Gasteiger partial charge in [0.15, 0.2) is 5.69 Å². The van der Waals surface area contributed by atoms with Crippen molar-refractivity contribution in [1.29, 1.82) is 0 Å². The van der Waals surface area contributed by atoms with Crippen LogP contribution in [0.3, 0.4) is 0 Å². The number of benzene rings is 1. The number of aromatic amines is 1. The lowest BCUT2D eigenvalue weighted by atomic mass is 10.1. The van der Waals surface area contributed by atoms with Gasteiger partial charge in [0.1, 0.15) is 11.6 Å². The van der Waals surface area contributed by atoms with Gasteiger partial charge in [-0.25, -0.2) is 4.79 Å². The molecule has 160 valence electrons. The molecule has 1 amide bonds. The Labute approximate surface area is 178 Å². The smallest absolute Gasteiger partial charge is 0.330 e. The molecule has 0 atom stereocenters. The molecule has 0 spiro atoms. The van der Waals surface area contributed by atoms with E-state index in [1.165, 1.54) is 21.8 Å². The minimum atomic E-state index is -0.668. The molecule has 1 aliphatic rings. The minimum Gasteiger partial charge on any atom is -0.465 e. The quantitative estimate of drug-likeness (QED) is 0.595. The molecule has 0 radical (unpaired) electrons. The Bertz CT molecular complexity index is 1190. The van der Waals surface area contributed by atoms with Crippen molar-refractivity contribution in [1.82, 2.24) is 9.55 Å². The highest BCUT2D eigenvalue weighted by Gasteiger charge is 2.31. The topological polar surface area (TPSA) is 114 Å². The van der Waals surface area contributed by atoms with E-state index in [4.69, 9.17) is 10.2 Å². The Hall–Kier alpha value is -3.81. The third-order valence-electron chi connectivity index (χ3n) is 5.50. The van der Waals surface area contributed by atoms with Crippen LogP contribution in [0.15, 0.2) is 68.8 Å². The standard InChI is InChI=1S/C23H24N4O4/c24-21-20(22(29)25-23(30)26(21)15-16-7-2-1-3-8-16)27(17-9-4-5-10-17)19(28)13-12-18-11-6-14-31-18/h1-3,6-8,11-14,17H,4-5,9-10,15,24H2,(H,25,29,30)/b13-12+. The number of carbonyl (C=O) groups is 1. The highest BCUT2D eigenvalue weighted by Crippen LogP contribution is 2.29. The van der Waals surface area contributed by atoms with E-state index in [-0.39, 0.29) is 30.0 Å². The van der Waals surface area contributed by atoms with Crippen LogP contribution in [0.5, 0.6) is 0 Å². The second-order valence-electron chi connectivity index (χ2n) is 7.56. The van der Waals surface area contributed by atoms with E-state index < -0.39 is 11.2 Å². The second kappa shape index (κ2) is 8.91. The fourth-order valence-corrected chi connectivity index (χ4v) is 3.99. The maximum atomic E-state index is 13.2. The predicted molar refractivity (Wildman–Crippen MR) is 119 cm³/mol. The van der Waals surface area contributed by atoms with E-state index in [1.54, 1.807) is 18.2 Å². The lowest BCUT2D eigenvalue weighted by Gasteiger charge is -2.29. The van der Waals surface area contributed by atoms with Crippen molar-refractivity contribution in [3.8, 4) is 0 Å². The molecule has 8 nitrogen and oxygen atoms in total. The van der Waals surface area contributed by atoms with Crippen LogP contribution in [0.25, 0.3) is 6.08 Å². The fraction of sp³-hybridized carbons (Fsp3) is 0.261. The number of aromatic nitrogens is 2. The molecule has 0 saturated heterocycles. The van der Waals surface area contributed by atoms with Gasteiger partial charge in [-0.2, -0.15) is 0 Å². The van der Waals surface area contributed by atoms with E-state index in [2.05, 4.69) is 4.98 Å². The number of nitrogens with two attached hydrogens (primary N) is 1. The summed E-state index contributed by atoms with van der Waals surface area (Å²) < 4.78 is 6.54. The lowest BCUT2D eigenvalue weighted by molar-refractivity contribution is -0.114. The first-order chi connectivity index (χ1) is 15.0. The Balaban J connectivity index is 1.77. The molecular formula is C23H24N4O4. The van der Waals surface area contributed by atoms with Gasteiger partial charge < -0.3 is 10.2 Å². The average Bonchev–Trinajstić information content (AvgIpc) is 3.47. The summed E-state index contributed by atoms with van der Waals surface area (Å²) in [6, 6.07) is 12.6. The zero-order chi connectivity index (χ0) is 21.8. The van der Waals surface area contributed by atoms with Gasteiger partial charge in [0.2, 0.25) is 0 Å². The van der Waals surface area contributed by atoms with Crippen LogP contribution < -0.4 is 21.9 Å². The summed E-state index contributed by atoms with van der Waals surface area (Å²) in [4.78, 5) is 42.3. The number of anilines is 2. The van der Waals surface area contributed by atoms with Gasteiger partial charge >= 0.3 is 5.69 Å². The maximum absolute atomic E-state index is 13.2. The first kappa shape index (κ1) is 20.5. The largest absolute Gasteiger partial charge is 0.465 e. The number of hydrogen-bond donors (Lipinski definition) is 2. The number of carbonyl (C=O) groups excluding carboxylic acids is 1. The number of amides is 1. The number of nitrogens with zero attached hydrogens (tertiary/aromatic N) is 2. The predicted octanol–water partition coefficient (Wildman–Crippen LogP) is 2.75. The zero-order valence-corrected chi connectivity index (χ0v) is 17.0. The summed E-state index contributed by atoms with van der Waals surface area (Å²) in [6.45, 7) is 0.185. The van der Waals surface area contributed by atoms with Crippen molar-refractivity contribution < 1.29 is 9.21 Å². The average molecular weight is 420 g/mol. The summed E-state index contributed by atoms with van der Waals surface area (Å²) in [5.74, 6) is 0.116. The van der Waals surface area contributed by atoms with Crippen molar-refractivity contribution >= 4 is 23.5 Å². The van der Waals surface area contributed by atoms with Crippen molar-refractivity contribution in [2.24, 2.45) is 0 Å². The van der Waals surface area contributed by atoms with Gasteiger partial charge in [-0.1, -0.05) is 43.2 Å². The molecule has 4 rings (SSSR count). The summed E-state index contributed by atoms with van der Waals surface area (Å²) in [5, 5.41) is 0. The number of nitrogens with one attached hydrogen (secondary N) is 1. The fourth-order valence-electron chi connectivity index (χ4n) is 3.99. The monoisotopic (exact) mass is 420 g/mol.